The van der Waals surface area contributed by atoms with Crippen molar-refractivity contribution in [2.24, 2.45) is 17.8 Å². The molecule has 3 heteroatoms. The van der Waals surface area contributed by atoms with E-state index in [0.717, 1.165) is 24.8 Å². The van der Waals surface area contributed by atoms with E-state index in [-0.39, 0.29) is 29.5 Å². The van der Waals surface area contributed by atoms with Crippen LogP contribution in [0.15, 0.2) is 60.7 Å². The van der Waals surface area contributed by atoms with Crippen LogP contribution in [0, 0.1) is 17.8 Å². The number of benzene rings is 2. The Morgan fingerprint density at radius 3 is 2.06 bits per heavy atom. The average Bonchev–Trinajstić information content (AvgIpc) is 2.78. The summed E-state index contributed by atoms with van der Waals surface area (Å²) in [5.41, 5.74) is 2.05. The summed E-state index contributed by atoms with van der Waals surface area (Å²) < 4.78 is 12.3. The highest BCUT2D eigenvalue weighted by atomic mass is 16.6. The molecule has 1 fully saturated rings. The smallest absolute Gasteiger partial charge is 0.340 e. The fraction of sp³-hybridized carbons (Fsp3) is 0.552. The van der Waals surface area contributed by atoms with E-state index in [1.54, 1.807) is 0 Å². The predicted octanol–water partition coefficient (Wildman–Crippen LogP) is 7.11. The molecule has 0 spiro atoms. The van der Waals surface area contributed by atoms with Gasteiger partial charge in [0.1, 0.15) is 6.10 Å². The van der Waals surface area contributed by atoms with E-state index < -0.39 is 6.10 Å². The van der Waals surface area contributed by atoms with Gasteiger partial charge in [0, 0.05) is 5.92 Å². The van der Waals surface area contributed by atoms with Gasteiger partial charge in [-0.1, -0.05) is 88.4 Å². The maximum absolute atomic E-state index is 13.4. The summed E-state index contributed by atoms with van der Waals surface area (Å²) in [5, 5.41) is 0. The Bertz CT molecular complexity index is 841. The Morgan fingerprint density at radius 2 is 1.50 bits per heavy atom. The van der Waals surface area contributed by atoms with Gasteiger partial charge in [-0.2, -0.15) is 0 Å². The fourth-order valence-electron chi connectivity index (χ4n) is 5.14. The third kappa shape index (κ3) is 5.81. The van der Waals surface area contributed by atoms with Gasteiger partial charge in [0.05, 0.1) is 6.10 Å². The lowest BCUT2D eigenvalue weighted by atomic mass is 9.62. The summed E-state index contributed by atoms with van der Waals surface area (Å²) >= 11 is 0. The molecule has 3 rings (SSSR count). The van der Waals surface area contributed by atoms with Crippen molar-refractivity contribution in [1.29, 1.82) is 0 Å². The standard InChI is InChI=1S/C29H40O3/c1-20(2)23-17-18-26(25(19-23)29(5,6)24-15-11-8-12-16-24)32-28(30)27(31-21(3)4)22-13-9-7-10-14-22/h7-16,20-21,23,25-27H,17-19H2,1-6H3/t23-,25-,26-,27-/m1/s1. The number of carbonyl (C=O) groups excluding carboxylic acids is 1. The molecule has 174 valence electrons. The normalized spacial score (nSPS) is 22.7. The molecular formula is C29H40O3. The lowest BCUT2D eigenvalue weighted by Gasteiger charge is -2.46. The first kappa shape index (κ1) is 24.5. The first-order chi connectivity index (χ1) is 15.2. The number of hydrogen-bond acceptors (Lipinski definition) is 3. The minimum atomic E-state index is -0.695. The van der Waals surface area contributed by atoms with Crippen molar-refractivity contribution in [3.63, 3.8) is 0 Å². The molecule has 32 heavy (non-hydrogen) atoms. The molecule has 2 aromatic carbocycles. The summed E-state index contributed by atoms with van der Waals surface area (Å²) in [7, 11) is 0. The number of ether oxygens (including phenoxy) is 2. The topological polar surface area (TPSA) is 35.5 Å². The third-order valence-electron chi connectivity index (χ3n) is 7.21. The van der Waals surface area contributed by atoms with E-state index in [2.05, 4.69) is 58.0 Å². The minimum Gasteiger partial charge on any atom is -0.460 e. The number of esters is 1. The van der Waals surface area contributed by atoms with Gasteiger partial charge in [-0.15, -0.1) is 0 Å². The maximum atomic E-state index is 13.4. The summed E-state index contributed by atoms with van der Waals surface area (Å²) in [6.07, 6.45) is 2.19. The van der Waals surface area contributed by atoms with Crippen molar-refractivity contribution in [3.8, 4) is 0 Å². The highest BCUT2D eigenvalue weighted by molar-refractivity contribution is 5.76. The van der Waals surface area contributed by atoms with Gasteiger partial charge >= 0.3 is 5.97 Å². The summed E-state index contributed by atoms with van der Waals surface area (Å²) in [6.45, 7) is 13.1. The first-order valence-electron chi connectivity index (χ1n) is 12.2. The molecule has 3 nitrogen and oxygen atoms in total. The van der Waals surface area contributed by atoms with E-state index in [9.17, 15) is 4.79 Å². The van der Waals surface area contributed by atoms with E-state index in [0.29, 0.717) is 11.8 Å². The Kier molecular flexibility index (Phi) is 8.16. The van der Waals surface area contributed by atoms with Crippen molar-refractivity contribution in [3.05, 3.63) is 71.8 Å². The molecule has 0 amide bonds. The average molecular weight is 437 g/mol. The van der Waals surface area contributed by atoms with E-state index in [4.69, 9.17) is 9.47 Å². The molecule has 1 aliphatic rings. The Labute approximate surface area is 194 Å². The molecule has 0 aromatic heterocycles. The van der Waals surface area contributed by atoms with Crippen LogP contribution in [-0.4, -0.2) is 18.2 Å². The molecule has 0 saturated heterocycles. The molecular weight excluding hydrogens is 396 g/mol. The van der Waals surface area contributed by atoms with E-state index >= 15 is 0 Å². The van der Waals surface area contributed by atoms with E-state index in [1.807, 2.05) is 44.2 Å². The Morgan fingerprint density at radius 1 is 0.906 bits per heavy atom. The zero-order valence-corrected chi connectivity index (χ0v) is 20.6. The van der Waals surface area contributed by atoms with Gasteiger partial charge in [-0.25, -0.2) is 4.79 Å². The molecule has 0 radical (unpaired) electrons. The molecule has 0 bridgehead atoms. The van der Waals surface area contributed by atoms with Crippen LogP contribution in [0.2, 0.25) is 0 Å². The molecule has 1 aliphatic carbocycles. The second-order valence-corrected chi connectivity index (χ2v) is 10.5. The maximum Gasteiger partial charge on any atom is 0.340 e. The van der Waals surface area contributed by atoms with Gasteiger partial charge in [-0.05, 0) is 61.5 Å². The SMILES string of the molecule is CC(C)O[C@@H](C(=O)O[C@@H]1CC[C@@H](C(C)C)C[C@H]1C(C)(C)c1ccccc1)c1ccccc1. The second-order valence-electron chi connectivity index (χ2n) is 10.5. The second kappa shape index (κ2) is 10.7. The number of rotatable bonds is 8. The lowest BCUT2D eigenvalue weighted by molar-refractivity contribution is -0.173. The monoisotopic (exact) mass is 436 g/mol. The molecule has 0 N–H and O–H groups in total. The molecule has 0 unspecified atom stereocenters. The quantitative estimate of drug-likeness (QED) is 0.413. The Hall–Kier alpha value is -2.13. The minimum absolute atomic E-state index is 0.0685. The third-order valence-corrected chi connectivity index (χ3v) is 7.21. The summed E-state index contributed by atoms with van der Waals surface area (Å²) in [4.78, 5) is 13.4. The molecule has 2 aromatic rings. The first-order valence-corrected chi connectivity index (χ1v) is 12.2. The van der Waals surface area contributed by atoms with Crippen molar-refractivity contribution < 1.29 is 14.3 Å². The van der Waals surface area contributed by atoms with Crippen molar-refractivity contribution >= 4 is 5.97 Å². The highest BCUT2D eigenvalue weighted by Crippen LogP contribution is 2.46. The van der Waals surface area contributed by atoms with Gasteiger partial charge in [0.2, 0.25) is 0 Å². The molecule has 0 heterocycles. The van der Waals surface area contributed by atoms with Crippen LogP contribution in [0.4, 0.5) is 0 Å². The number of carbonyl (C=O) groups is 1. The summed E-state index contributed by atoms with van der Waals surface area (Å²) in [5.74, 6) is 1.26. The predicted molar refractivity (Wildman–Crippen MR) is 130 cm³/mol. The lowest BCUT2D eigenvalue weighted by Crippen LogP contribution is -2.45. The van der Waals surface area contributed by atoms with E-state index in [1.165, 1.54) is 5.56 Å². The van der Waals surface area contributed by atoms with Gasteiger partial charge in [0.25, 0.3) is 0 Å². The highest BCUT2D eigenvalue weighted by Gasteiger charge is 2.44. The fourth-order valence-corrected chi connectivity index (χ4v) is 5.14. The number of hydrogen-bond donors (Lipinski definition) is 0. The van der Waals surface area contributed by atoms with Crippen LogP contribution >= 0.6 is 0 Å². The molecule has 4 atom stereocenters. The van der Waals surface area contributed by atoms with Crippen LogP contribution < -0.4 is 0 Å². The van der Waals surface area contributed by atoms with Crippen LogP contribution in [0.5, 0.6) is 0 Å². The summed E-state index contributed by atoms with van der Waals surface area (Å²) in [6, 6.07) is 20.4. The van der Waals surface area contributed by atoms with Crippen molar-refractivity contribution in [1.82, 2.24) is 0 Å². The van der Waals surface area contributed by atoms with Crippen LogP contribution in [0.25, 0.3) is 0 Å². The van der Waals surface area contributed by atoms with Crippen LogP contribution in [0.1, 0.15) is 78.0 Å². The zero-order chi connectivity index (χ0) is 23.3. The van der Waals surface area contributed by atoms with Crippen molar-refractivity contribution in [2.75, 3.05) is 0 Å². The van der Waals surface area contributed by atoms with Crippen LogP contribution in [0.3, 0.4) is 0 Å². The van der Waals surface area contributed by atoms with Crippen LogP contribution in [-0.2, 0) is 19.7 Å². The zero-order valence-electron chi connectivity index (χ0n) is 20.6. The van der Waals surface area contributed by atoms with Gasteiger partial charge in [0.15, 0.2) is 6.10 Å². The Balaban J connectivity index is 1.87. The van der Waals surface area contributed by atoms with Gasteiger partial charge in [-0.3, -0.25) is 0 Å². The largest absolute Gasteiger partial charge is 0.460 e. The molecule has 1 saturated carbocycles. The van der Waals surface area contributed by atoms with Gasteiger partial charge < -0.3 is 9.47 Å². The molecule has 0 aliphatic heterocycles. The van der Waals surface area contributed by atoms with Crippen molar-refractivity contribution in [2.45, 2.75) is 84.5 Å².